The quantitative estimate of drug-likeness (QED) is 0.854. The number of carbonyl (C=O) groups excluding carboxylic acids is 1. The molecule has 1 amide bonds. The molecule has 0 unspecified atom stereocenters. The van der Waals surface area contributed by atoms with Crippen LogP contribution in [0.5, 0.6) is 0 Å². The lowest BCUT2D eigenvalue weighted by atomic mass is 10.4. The van der Waals surface area contributed by atoms with Crippen molar-refractivity contribution in [3.63, 3.8) is 0 Å². The number of rotatable bonds is 4. The van der Waals surface area contributed by atoms with Crippen LogP contribution in [0.2, 0.25) is 0 Å². The molecule has 0 spiro atoms. The predicted octanol–water partition coefficient (Wildman–Crippen LogP) is 0.785. The molecule has 15 heavy (non-hydrogen) atoms. The molecule has 1 heterocycles. The van der Waals surface area contributed by atoms with Gasteiger partial charge in [-0.15, -0.1) is 11.3 Å². The zero-order valence-corrected chi connectivity index (χ0v) is 10.1. The zero-order chi connectivity index (χ0) is 11.5. The van der Waals surface area contributed by atoms with Crippen LogP contribution in [0.3, 0.4) is 0 Å². The third-order valence-electron chi connectivity index (χ3n) is 1.52. The van der Waals surface area contributed by atoms with Crippen molar-refractivity contribution in [2.75, 3.05) is 6.26 Å². The van der Waals surface area contributed by atoms with Gasteiger partial charge >= 0.3 is 0 Å². The summed E-state index contributed by atoms with van der Waals surface area (Å²) in [7, 11) is -3.50. The lowest BCUT2D eigenvalue weighted by Crippen LogP contribution is -2.28. The number of nitrogens with one attached hydrogen (secondary N) is 1. The summed E-state index contributed by atoms with van der Waals surface area (Å²) < 4.78 is 23.5. The van der Waals surface area contributed by atoms with E-state index in [0.29, 0.717) is 4.88 Å². The van der Waals surface area contributed by atoms with E-state index in [1.54, 1.807) is 0 Å². The van der Waals surface area contributed by atoms with Gasteiger partial charge in [0.1, 0.15) is 4.88 Å². The second-order valence-electron chi connectivity index (χ2n) is 3.07. The molecule has 5 nitrogen and oxygen atoms in total. The third-order valence-corrected chi connectivity index (χ3v) is 3.13. The Balaban J connectivity index is 2.74. The maximum absolute atomic E-state index is 11.4. The van der Waals surface area contributed by atoms with Gasteiger partial charge in [0.05, 0.1) is 17.5 Å². The molecule has 0 saturated heterocycles. The molecular formula is C8H12N2O3S2. The number of hydrogen-bond acceptors (Lipinski definition) is 5. The largest absolute Gasteiger partial charge is 0.276 e. The first-order chi connectivity index (χ1) is 6.92. The molecule has 1 aromatic heterocycles. The molecule has 84 valence electrons. The van der Waals surface area contributed by atoms with Crippen LogP contribution in [0, 0.1) is 0 Å². The molecule has 7 heteroatoms. The lowest BCUT2D eigenvalue weighted by molar-refractivity contribution is 0.0985. The molecule has 0 radical (unpaired) electrons. The highest BCUT2D eigenvalue weighted by molar-refractivity contribution is 7.89. The van der Waals surface area contributed by atoms with Crippen LogP contribution in [-0.2, 0) is 16.4 Å². The van der Waals surface area contributed by atoms with E-state index in [9.17, 15) is 13.2 Å². The van der Waals surface area contributed by atoms with Crippen molar-refractivity contribution in [3.05, 3.63) is 16.1 Å². The molecule has 1 N–H and O–H groups in total. The molecule has 0 fully saturated rings. The number of hydrogen-bond donors (Lipinski definition) is 1. The van der Waals surface area contributed by atoms with Gasteiger partial charge in [-0.3, -0.25) is 4.79 Å². The Bertz CT molecular complexity index is 450. The number of nitrogens with zero attached hydrogens (tertiary/aromatic N) is 1. The number of sulfonamides is 1. The Hall–Kier alpha value is -0.950. The number of aromatic nitrogens is 1. The van der Waals surface area contributed by atoms with Gasteiger partial charge in [-0.1, -0.05) is 6.92 Å². The van der Waals surface area contributed by atoms with Crippen molar-refractivity contribution in [1.29, 1.82) is 0 Å². The summed E-state index contributed by atoms with van der Waals surface area (Å²) in [5.41, 5.74) is 0. The highest BCUT2D eigenvalue weighted by Crippen LogP contribution is 2.14. The van der Waals surface area contributed by atoms with Crippen LogP contribution in [0.1, 0.15) is 28.0 Å². The predicted molar refractivity (Wildman–Crippen MR) is 58.4 cm³/mol. The van der Waals surface area contributed by atoms with Gasteiger partial charge in [-0.2, -0.15) is 0 Å². The van der Waals surface area contributed by atoms with Gasteiger partial charge in [-0.25, -0.2) is 18.1 Å². The fourth-order valence-electron chi connectivity index (χ4n) is 0.963. The van der Waals surface area contributed by atoms with E-state index in [0.717, 1.165) is 24.1 Å². The normalized spacial score (nSPS) is 11.3. The number of carbonyl (C=O) groups is 1. The highest BCUT2D eigenvalue weighted by atomic mass is 32.2. The Kier molecular flexibility index (Phi) is 3.81. The highest BCUT2D eigenvalue weighted by Gasteiger charge is 2.13. The van der Waals surface area contributed by atoms with Gasteiger partial charge in [0.25, 0.3) is 5.91 Å². The van der Waals surface area contributed by atoms with Gasteiger partial charge in [0.2, 0.25) is 10.0 Å². The number of thiazole rings is 1. The Morgan fingerprint density at radius 2 is 2.27 bits per heavy atom. The average Bonchev–Trinajstić information content (AvgIpc) is 2.50. The minimum atomic E-state index is -3.50. The summed E-state index contributed by atoms with van der Waals surface area (Å²) >= 11 is 1.22. The summed E-state index contributed by atoms with van der Waals surface area (Å²) in [6.07, 6.45) is 4.09. The molecule has 0 aliphatic heterocycles. The Morgan fingerprint density at radius 3 is 2.80 bits per heavy atom. The van der Waals surface area contributed by atoms with Crippen LogP contribution in [0.15, 0.2) is 6.20 Å². The fourth-order valence-corrected chi connectivity index (χ4v) is 2.39. The van der Waals surface area contributed by atoms with Crippen molar-refractivity contribution in [3.8, 4) is 0 Å². The minimum Gasteiger partial charge on any atom is -0.267 e. The molecule has 0 aromatic carbocycles. The molecule has 0 aliphatic rings. The zero-order valence-electron chi connectivity index (χ0n) is 8.48. The van der Waals surface area contributed by atoms with Crippen LogP contribution in [-0.4, -0.2) is 25.6 Å². The monoisotopic (exact) mass is 248 g/mol. The van der Waals surface area contributed by atoms with Crippen LogP contribution in [0.4, 0.5) is 0 Å². The van der Waals surface area contributed by atoms with Crippen LogP contribution < -0.4 is 4.72 Å². The van der Waals surface area contributed by atoms with Gasteiger partial charge in [-0.05, 0) is 12.8 Å². The average molecular weight is 248 g/mol. The Morgan fingerprint density at radius 1 is 1.60 bits per heavy atom. The van der Waals surface area contributed by atoms with Gasteiger partial charge in [0.15, 0.2) is 0 Å². The van der Waals surface area contributed by atoms with Crippen LogP contribution in [0.25, 0.3) is 0 Å². The fraction of sp³-hybridized carbons (Fsp3) is 0.500. The summed E-state index contributed by atoms with van der Waals surface area (Å²) in [4.78, 5) is 15.7. The van der Waals surface area contributed by atoms with E-state index >= 15 is 0 Å². The van der Waals surface area contributed by atoms with Crippen molar-refractivity contribution in [2.45, 2.75) is 19.8 Å². The van der Waals surface area contributed by atoms with Gasteiger partial charge in [0, 0.05) is 0 Å². The topological polar surface area (TPSA) is 76.1 Å². The summed E-state index contributed by atoms with van der Waals surface area (Å²) in [6, 6.07) is 0. The van der Waals surface area contributed by atoms with E-state index in [-0.39, 0.29) is 0 Å². The van der Waals surface area contributed by atoms with Crippen molar-refractivity contribution in [1.82, 2.24) is 9.71 Å². The van der Waals surface area contributed by atoms with E-state index < -0.39 is 15.9 Å². The third kappa shape index (κ3) is 3.96. The first kappa shape index (κ1) is 12.1. The van der Waals surface area contributed by atoms with E-state index in [2.05, 4.69) is 4.98 Å². The maximum atomic E-state index is 11.4. The smallest absolute Gasteiger partial charge is 0.267 e. The summed E-state index contributed by atoms with van der Waals surface area (Å²) in [5.74, 6) is -0.614. The van der Waals surface area contributed by atoms with Crippen LogP contribution >= 0.6 is 11.3 Å². The number of amides is 1. The molecule has 0 bridgehead atoms. The maximum Gasteiger partial charge on any atom is 0.276 e. The molecule has 1 rings (SSSR count). The second-order valence-corrected chi connectivity index (χ2v) is 5.94. The molecule has 0 aliphatic carbocycles. The summed E-state index contributed by atoms with van der Waals surface area (Å²) in [5, 5.41) is 0.844. The van der Waals surface area contributed by atoms with Crippen molar-refractivity contribution >= 4 is 27.3 Å². The SMILES string of the molecule is CCCc1ncc(C(=O)NS(C)(=O)=O)s1. The molecular weight excluding hydrogens is 236 g/mol. The number of aryl methyl sites for hydroxylation is 1. The first-order valence-corrected chi connectivity index (χ1v) is 7.10. The molecule has 0 saturated carbocycles. The van der Waals surface area contributed by atoms with E-state index in [4.69, 9.17) is 0 Å². The Labute approximate surface area is 92.6 Å². The van der Waals surface area contributed by atoms with E-state index in [1.165, 1.54) is 17.5 Å². The van der Waals surface area contributed by atoms with Crippen molar-refractivity contribution in [2.24, 2.45) is 0 Å². The summed E-state index contributed by atoms with van der Waals surface area (Å²) in [6.45, 7) is 2.01. The van der Waals surface area contributed by atoms with E-state index in [1.807, 2.05) is 11.6 Å². The van der Waals surface area contributed by atoms with Crippen molar-refractivity contribution < 1.29 is 13.2 Å². The second kappa shape index (κ2) is 4.71. The standard InChI is InChI=1S/C8H12N2O3S2/c1-3-4-7-9-5-6(14-7)8(11)10-15(2,12)13/h5H,3-4H2,1-2H3,(H,10,11). The lowest BCUT2D eigenvalue weighted by Gasteiger charge is -1.97. The molecule has 1 aromatic rings. The first-order valence-electron chi connectivity index (χ1n) is 4.39. The minimum absolute atomic E-state index is 0.323. The molecule has 0 atom stereocenters. The van der Waals surface area contributed by atoms with Gasteiger partial charge < -0.3 is 0 Å².